The zero-order valence-corrected chi connectivity index (χ0v) is 20.8. The molecule has 2 aromatic rings. The molecule has 1 aliphatic rings. The molecule has 0 saturated carbocycles. The second-order valence-corrected chi connectivity index (χ2v) is 9.16. The Kier molecular flexibility index (Phi) is 8.59. The predicted octanol–water partition coefficient (Wildman–Crippen LogP) is 4.18. The second kappa shape index (κ2) is 11.4. The average molecular weight is 481 g/mol. The first-order valence-corrected chi connectivity index (χ1v) is 11.4. The highest BCUT2D eigenvalue weighted by Crippen LogP contribution is 2.38. The average Bonchev–Trinajstić information content (AvgIpc) is 3.06. The lowest BCUT2D eigenvalue weighted by Gasteiger charge is -2.32. The molecule has 2 aromatic carbocycles. The number of hydrogen-bond donors (Lipinski definition) is 1. The summed E-state index contributed by atoms with van der Waals surface area (Å²) in [5.74, 6) is 0.0783. The van der Waals surface area contributed by atoms with Crippen molar-refractivity contribution in [1.82, 2.24) is 5.32 Å². The van der Waals surface area contributed by atoms with E-state index in [0.29, 0.717) is 5.75 Å². The Morgan fingerprint density at radius 2 is 1.60 bits per heavy atom. The fourth-order valence-corrected chi connectivity index (χ4v) is 3.22. The molecule has 0 bridgehead atoms. The van der Waals surface area contributed by atoms with E-state index in [4.69, 9.17) is 18.8 Å². The van der Waals surface area contributed by atoms with Crippen LogP contribution < -0.4 is 10.1 Å². The zero-order chi connectivity index (χ0) is 25.5. The van der Waals surface area contributed by atoms with Crippen LogP contribution in [0.15, 0.2) is 60.1 Å². The fraction of sp³-hybridized carbons (Fsp3) is 0.385. The molecule has 1 aliphatic heterocycles. The molecule has 0 atom stereocenters. The van der Waals surface area contributed by atoms with Gasteiger partial charge >= 0.3 is 19.2 Å². The Hall–Kier alpha value is -3.30. The molecule has 1 N–H and O–H groups in total. The van der Waals surface area contributed by atoms with Crippen LogP contribution in [0.25, 0.3) is 6.08 Å². The summed E-state index contributed by atoms with van der Waals surface area (Å²) in [6, 6.07) is 16.6. The molecule has 186 valence electrons. The third-order valence-corrected chi connectivity index (χ3v) is 6.02. The number of esters is 1. The van der Waals surface area contributed by atoms with Crippen LogP contribution >= 0.6 is 0 Å². The van der Waals surface area contributed by atoms with Gasteiger partial charge in [-0.1, -0.05) is 48.5 Å². The summed E-state index contributed by atoms with van der Waals surface area (Å²) in [6.07, 6.45) is 1.35. The molecule has 0 radical (unpaired) electrons. The number of methoxy groups -OCH3 is 1. The Bertz CT molecular complexity index is 1020. The van der Waals surface area contributed by atoms with Crippen LogP contribution in [0.1, 0.15) is 38.8 Å². The zero-order valence-electron chi connectivity index (χ0n) is 20.8. The van der Waals surface area contributed by atoms with E-state index < -0.39 is 30.4 Å². The topological polar surface area (TPSA) is 92.3 Å². The van der Waals surface area contributed by atoms with E-state index in [1.807, 2.05) is 76.2 Å². The molecule has 0 aliphatic carbocycles. The Balaban J connectivity index is 1.70. The molecule has 0 spiro atoms. The lowest BCUT2D eigenvalue weighted by molar-refractivity contribution is -0.142. The van der Waals surface area contributed by atoms with Crippen molar-refractivity contribution in [3.8, 4) is 5.75 Å². The van der Waals surface area contributed by atoms with Crippen molar-refractivity contribution in [3.63, 3.8) is 0 Å². The number of alkyl carbamates (subject to hydrolysis) is 1. The Morgan fingerprint density at radius 1 is 0.971 bits per heavy atom. The molecule has 0 unspecified atom stereocenters. The smallest absolute Gasteiger partial charge is 0.482 e. The molecule has 1 amide bonds. The summed E-state index contributed by atoms with van der Waals surface area (Å²) >= 11 is 0. The predicted molar refractivity (Wildman–Crippen MR) is 133 cm³/mol. The summed E-state index contributed by atoms with van der Waals surface area (Å²) in [4.78, 5) is 23.6. The molecular formula is C26H32BNO7. The lowest BCUT2D eigenvalue weighted by atomic mass is 9.77. The van der Waals surface area contributed by atoms with Crippen molar-refractivity contribution >= 4 is 25.3 Å². The van der Waals surface area contributed by atoms with Gasteiger partial charge in [0.05, 0.1) is 18.3 Å². The van der Waals surface area contributed by atoms with Gasteiger partial charge in [0.15, 0.2) is 6.61 Å². The second-order valence-electron chi connectivity index (χ2n) is 9.16. The van der Waals surface area contributed by atoms with Gasteiger partial charge < -0.3 is 28.8 Å². The quantitative estimate of drug-likeness (QED) is 0.424. The van der Waals surface area contributed by atoms with Crippen LogP contribution in [-0.4, -0.2) is 50.6 Å². The van der Waals surface area contributed by atoms with Gasteiger partial charge in [-0.3, -0.25) is 0 Å². The highest BCUT2D eigenvalue weighted by atomic mass is 16.7. The van der Waals surface area contributed by atoms with Crippen molar-refractivity contribution in [2.75, 3.05) is 20.3 Å². The fourth-order valence-electron chi connectivity index (χ4n) is 3.22. The number of nitrogens with one attached hydrogen (secondary N) is 1. The molecule has 1 saturated heterocycles. The van der Waals surface area contributed by atoms with E-state index >= 15 is 0 Å². The Morgan fingerprint density at radius 3 is 2.20 bits per heavy atom. The minimum absolute atomic E-state index is 0.167. The maximum atomic E-state index is 12.3. The van der Waals surface area contributed by atoms with E-state index in [1.54, 1.807) is 12.1 Å². The number of ether oxygens (including phenoxy) is 3. The van der Waals surface area contributed by atoms with Gasteiger partial charge in [-0.15, -0.1) is 0 Å². The van der Waals surface area contributed by atoms with Gasteiger partial charge in [0.2, 0.25) is 0 Å². The highest BCUT2D eigenvalue weighted by Gasteiger charge is 2.52. The molecule has 1 heterocycles. The number of carbonyl (C=O) groups is 2. The molecule has 3 rings (SSSR count). The van der Waals surface area contributed by atoms with Crippen molar-refractivity contribution in [1.29, 1.82) is 0 Å². The van der Waals surface area contributed by atoms with Crippen LogP contribution in [0, 0.1) is 0 Å². The Labute approximate surface area is 206 Å². The van der Waals surface area contributed by atoms with E-state index in [-0.39, 0.29) is 19.8 Å². The molecule has 0 aromatic heterocycles. The maximum absolute atomic E-state index is 12.3. The van der Waals surface area contributed by atoms with Crippen LogP contribution in [0.2, 0.25) is 0 Å². The van der Waals surface area contributed by atoms with Gasteiger partial charge in [-0.2, -0.15) is 0 Å². The summed E-state index contributed by atoms with van der Waals surface area (Å²) in [5.41, 5.74) is 1.41. The standard InChI is InChI=1S/C26H32BNO7/c1-25(2)26(3,4)35-27(34-25)21(16-28-24(30)33-17-20-9-7-6-8-10-20)15-19-11-13-22(14-12-19)32-18-23(29)31-5/h6-15H,16-18H2,1-5H3,(H,28,30). The SMILES string of the molecule is COC(=O)COc1ccc(C=C(CNC(=O)OCc2ccccc2)B2OC(C)(C)C(C)(C)O2)cc1. The minimum Gasteiger partial charge on any atom is -0.482 e. The molecule has 1 fully saturated rings. The van der Waals surface area contributed by atoms with Crippen LogP contribution in [0.4, 0.5) is 4.79 Å². The van der Waals surface area contributed by atoms with Crippen molar-refractivity contribution in [2.24, 2.45) is 0 Å². The summed E-state index contributed by atoms with van der Waals surface area (Å²) in [6.45, 7) is 8.07. The maximum Gasteiger partial charge on any atom is 0.492 e. The molecule has 8 nitrogen and oxygen atoms in total. The third kappa shape index (κ3) is 7.34. The number of carbonyl (C=O) groups excluding carboxylic acids is 2. The largest absolute Gasteiger partial charge is 0.492 e. The van der Waals surface area contributed by atoms with E-state index in [1.165, 1.54) is 7.11 Å². The summed E-state index contributed by atoms with van der Waals surface area (Å²) < 4.78 is 27.7. The number of hydrogen-bond acceptors (Lipinski definition) is 7. The first-order chi connectivity index (χ1) is 16.6. The molecular weight excluding hydrogens is 449 g/mol. The van der Waals surface area contributed by atoms with Gasteiger partial charge in [0.25, 0.3) is 0 Å². The van der Waals surface area contributed by atoms with E-state index in [9.17, 15) is 9.59 Å². The van der Waals surface area contributed by atoms with E-state index in [2.05, 4.69) is 10.1 Å². The first kappa shape index (κ1) is 26.3. The number of rotatable bonds is 9. The highest BCUT2D eigenvalue weighted by molar-refractivity contribution is 6.56. The van der Waals surface area contributed by atoms with Crippen molar-refractivity contribution in [2.45, 2.75) is 45.5 Å². The molecule has 35 heavy (non-hydrogen) atoms. The third-order valence-electron chi connectivity index (χ3n) is 6.02. The van der Waals surface area contributed by atoms with Crippen LogP contribution in [0.3, 0.4) is 0 Å². The monoisotopic (exact) mass is 481 g/mol. The number of amides is 1. The first-order valence-electron chi connectivity index (χ1n) is 11.4. The van der Waals surface area contributed by atoms with Gasteiger partial charge in [0, 0.05) is 6.54 Å². The normalized spacial score (nSPS) is 16.5. The summed E-state index contributed by atoms with van der Waals surface area (Å²) in [5, 5.41) is 2.79. The van der Waals surface area contributed by atoms with Crippen LogP contribution in [-0.2, 0) is 30.2 Å². The van der Waals surface area contributed by atoms with Crippen LogP contribution in [0.5, 0.6) is 5.75 Å². The minimum atomic E-state index is -0.648. The van der Waals surface area contributed by atoms with Gasteiger partial charge in [0.1, 0.15) is 12.4 Å². The lowest BCUT2D eigenvalue weighted by Crippen LogP contribution is -2.41. The molecule has 9 heteroatoms. The number of benzene rings is 2. The van der Waals surface area contributed by atoms with Gasteiger partial charge in [-0.05, 0) is 56.4 Å². The van der Waals surface area contributed by atoms with Crippen molar-refractivity contribution < 1.29 is 33.1 Å². The summed E-state index contributed by atoms with van der Waals surface area (Å²) in [7, 11) is 0.659. The van der Waals surface area contributed by atoms with E-state index in [0.717, 1.165) is 16.6 Å². The van der Waals surface area contributed by atoms with Crippen molar-refractivity contribution in [3.05, 3.63) is 71.2 Å². The van der Waals surface area contributed by atoms with Gasteiger partial charge in [-0.25, -0.2) is 9.59 Å².